The third kappa shape index (κ3) is 7.34. The summed E-state index contributed by atoms with van der Waals surface area (Å²) in [6, 6.07) is 26.7. The van der Waals surface area contributed by atoms with Gasteiger partial charge in [-0.3, -0.25) is 9.69 Å². The Bertz CT molecular complexity index is 992. The standard InChI is InChI=1S/C28H34N2O2.ClH/c1-5-18-30(22(3)24-11-7-6-8-12-24)21(2)19-23-10-9-13-26(20-23)29-28(31)25-14-16-27(32-4)17-15-25;/h6-17,20-22H,5,18-19H2,1-4H3,(H,29,31);1H/t21-,22?;/m1./s1. The van der Waals surface area contributed by atoms with E-state index in [1.54, 1.807) is 31.4 Å². The molecule has 33 heavy (non-hydrogen) atoms. The van der Waals surface area contributed by atoms with Crippen molar-refractivity contribution in [3.8, 4) is 5.75 Å². The monoisotopic (exact) mass is 466 g/mol. The summed E-state index contributed by atoms with van der Waals surface area (Å²) in [5, 5.41) is 3.02. The number of carbonyl (C=O) groups excluding carboxylic acids is 1. The molecule has 4 nitrogen and oxygen atoms in total. The summed E-state index contributed by atoms with van der Waals surface area (Å²) in [6.07, 6.45) is 2.03. The summed E-state index contributed by atoms with van der Waals surface area (Å²) in [7, 11) is 1.61. The van der Waals surface area contributed by atoms with Gasteiger partial charge in [-0.25, -0.2) is 0 Å². The lowest BCUT2D eigenvalue weighted by molar-refractivity contribution is 0.102. The van der Waals surface area contributed by atoms with Gasteiger partial charge in [-0.1, -0.05) is 49.4 Å². The Hall–Kier alpha value is -2.82. The van der Waals surface area contributed by atoms with Gasteiger partial charge in [0.25, 0.3) is 5.91 Å². The highest BCUT2D eigenvalue weighted by molar-refractivity contribution is 6.04. The summed E-state index contributed by atoms with van der Waals surface area (Å²) in [6.45, 7) is 7.85. The summed E-state index contributed by atoms with van der Waals surface area (Å²) in [5.74, 6) is 0.613. The number of benzene rings is 3. The molecular weight excluding hydrogens is 432 g/mol. The fourth-order valence-electron chi connectivity index (χ4n) is 4.16. The minimum Gasteiger partial charge on any atom is -0.497 e. The lowest BCUT2D eigenvalue weighted by Gasteiger charge is -2.35. The molecule has 2 atom stereocenters. The van der Waals surface area contributed by atoms with E-state index in [-0.39, 0.29) is 18.3 Å². The number of nitrogens with one attached hydrogen (secondary N) is 1. The molecule has 0 bridgehead atoms. The van der Waals surface area contributed by atoms with Crippen molar-refractivity contribution < 1.29 is 9.53 Å². The molecule has 0 aliphatic carbocycles. The van der Waals surface area contributed by atoms with Crippen molar-refractivity contribution in [2.75, 3.05) is 19.0 Å². The molecule has 1 amide bonds. The largest absolute Gasteiger partial charge is 0.497 e. The third-order valence-electron chi connectivity index (χ3n) is 5.90. The summed E-state index contributed by atoms with van der Waals surface area (Å²) in [5.41, 5.74) is 3.98. The van der Waals surface area contributed by atoms with Crippen molar-refractivity contribution in [1.29, 1.82) is 0 Å². The normalized spacial score (nSPS) is 12.5. The van der Waals surface area contributed by atoms with Gasteiger partial charge in [0, 0.05) is 23.3 Å². The predicted molar refractivity (Wildman–Crippen MR) is 140 cm³/mol. The number of hydrogen-bond acceptors (Lipinski definition) is 3. The van der Waals surface area contributed by atoms with E-state index < -0.39 is 0 Å². The molecule has 3 rings (SSSR count). The summed E-state index contributed by atoms with van der Waals surface area (Å²) >= 11 is 0. The summed E-state index contributed by atoms with van der Waals surface area (Å²) < 4.78 is 5.17. The number of rotatable bonds is 10. The zero-order valence-electron chi connectivity index (χ0n) is 20.0. The van der Waals surface area contributed by atoms with E-state index in [2.05, 4.69) is 73.5 Å². The number of carbonyl (C=O) groups is 1. The molecule has 0 aromatic heterocycles. The highest BCUT2D eigenvalue weighted by Crippen LogP contribution is 2.25. The molecule has 0 radical (unpaired) electrons. The van der Waals surface area contributed by atoms with Gasteiger partial charge in [-0.15, -0.1) is 12.4 Å². The summed E-state index contributed by atoms with van der Waals surface area (Å²) in [4.78, 5) is 15.2. The van der Waals surface area contributed by atoms with Gasteiger partial charge in [-0.05, 0) is 80.8 Å². The Morgan fingerprint density at radius 3 is 2.30 bits per heavy atom. The van der Waals surface area contributed by atoms with Crippen LogP contribution in [-0.2, 0) is 6.42 Å². The van der Waals surface area contributed by atoms with Crippen molar-refractivity contribution >= 4 is 24.0 Å². The van der Waals surface area contributed by atoms with Gasteiger partial charge in [0.2, 0.25) is 0 Å². The molecular formula is C28H35ClN2O2. The maximum absolute atomic E-state index is 12.6. The second-order valence-electron chi connectivity index (χ2n) is 8.26. The SMILES string of the molecule is CCCN(C(C)c1ccccc1)[C@H](C)Cc1cccc(NC(=O)c2ccc(OC)cc2)c1.Cl. The quantitative estimate of drug-likeness (QED) is 0.358. The van der Waals surface area contributed by atoms with Crippen LogP contribution >= 0.6 is 12.4 Å². The van der Waals surface area contributed by atoms with E-state index in [1.807, 2.05) is 12.1 Å². The fourth-order valence-corrected chi connectivity index (χ4v) is 4.16. The van der Waals surface area contributed by atoms with Crippen molar-refractivity contribution in [2.24, 2.45) is 0 Å². The Morgan fingerprint density at radius 1 is 0.970 bits per heavy atom. The van der Waals surface area contributed by atoms with Gasteiger partial charge in [-0.2, -0.15) is 0 Å². The molecule has 0 aliphatic heterocycles. The average Bonchev–Trinajstić information content (AvgIpc) is 2.83. The van der Waals surface area contributed by atoms with Gasteiger partial charge in [0.1, 0.15) is 5.75 Å². The van der Waals surface area contributed by atoms with Crippen LogP contribution in [0.4, 0.5) is 5.69 Å². The third-order valence-corrected chi connectivity index (χ3v) is 5.90. The maximum Gasteiger partial charge on any atom is 0.255 e. The molecule has 3 aromatic carbocycles. The first kappa shape index (κ1) is 26.4. The van der Waals surface area contributed by atoms with E-state index in [9.17, 15) is 4.79 Å². The van der Waals surface area contributed by atoms with Gasteiger partial charge in [0.05, 0.1) is 7.11 Å². The van der Waals surface area contributed by atoms with Gasteiger partial charge in [0.15, 0.2) is 0 Å². The van der Waals surface area contributed by atoms with Crippen LogP contribution in [0.2, 0.25) is 0 Å². The van der Waals surface area contributed by atoms with E-state index in [0.717, 1.165) is 30.8 Å². The molecule has 0 fully saturated rings. The van der Waals surface area contributed by atoms with Crippen LogP contribution in [0.25, 0.3) is 0 Å². The van der Waals surface area contributed by atoms with Crippen LogP contribution in [0.1, 0.15) is 54.7 Å². The predicted octanol–water partition coefficient (Wildman–Crippen LogP) is 6.77. The molecule has 0 spiro atoms. The number of nitrogens with zero attached hydrogens (tertiary/aromatic N) is 1. The average molecular weight is 467 g/mol. The minimum absolute atomic E-state index is 0. The van der Waals surface area contributed by atoms with Crippen LogP contribution in [0.5, 0.6) is 5.75 Å². The highest BCUT2D eigenvalue weighted by atomic mass is 35.5. The second-order valence-corrected chi connectivity index (χ2v) is 8.26. The Kier molecular flexibility index (Phi) is 10.4. The van der Waals surface area contributed by atoms with Crippen LogP contribution in [-0.4, -0.2) is 30.5 Å². The van der Waals surface area contributed by atoms with Crippen LogP contribution < -0.4 is 10.1 Å². The molecule has 176 valence electrons. The first-order valence-electron chi connectivity index (χ1n) is 11.4. The first-order chi connectivity index (χ1) is 15.5. The van der Waals surface area contributed by atoms with Crippen LogP contribution in [0, 0.1) is 0 Å². The van der Waals surface area contributed by atoms with Gasteiger partial charge < -0.3 is 10.1 Å². The highest BCUT2D eigenvalue weighted by Gasteiger charge is 2.21. The molecule has 0 heterocycles. The maximum atomic E-state index is 12.6. The number of ether oxygens (including phenoxy) is 1. The van der Waals surface area contributed by atoms with Crippen molar-refractivity contribution in [1.82, 2.24) is 4.90 Å². The second kappa shape index (κ2) is 13.0. The Balaban J connectivity index is 0.00000385. The zero-order valence-corrected chi connectivity index (χ0v) is 20.8. The molecule has 1 unspecified atom stereocenters. The van der Waals surface area contributed by atoms with Crippen molar-refractivity contribution in [3.05, 3.63) is 95.6 Å². The number of amides is 1. The lowest BCUT2D eigenvalue weighted by atomic mass is 10.0. The van der Waals surface area contributed by atoms with Crippen molar-refractivity contribution in [3.63, 3.8) is 0 Å². The van der Waals surface area contributed by atoms with Crippen molar-refractivity contribution in [2.45, 2.75) is 45.7 Å². The Morgan fingerprint density at radius 2 is 1.67 bits per heavy atom. The minimum atomic E-state index is -0.122. The molecule has 0 saturated carbocycles. The smallest absolute Gasteiger partial charge is 0.255 e. The number of anilines is 1. The molecule has 0 saturated heterocycles. The molecule has 1 N–H and O–H groups in total. The number of halogens is 1. The number of methoxy groups -OCH3 is 1. The van der Waals surface area contributed by atoms with E-state index in [0.29, 0.717) is 17.6 Å². The van der Waals surface area contributed by atoms with Crippen LogP contribution in [0.15, 0.2) is 78.9 Å². The van der Waals surface area contributed by atoms with Crippen LogP contribution in [0.3, 0.4) is 0 Å². The molecule has 5 heteroatoms. The van der Waals surface area contributed by atoms with Gasteiger partial charge >= 0.3 is 0 Å². The van der Waals surface area contributed by atoms with E-state index in [4.69, 9.17) is 4.74 Å². The molecule has 0 aliphatic rings. The van der Waals surface area contributed by atoms with E-state index in [1.165, 1.54) is 11.1 Å². The fraction of sp³-hybridized carbons (Fsp3) is 0.321. The topological polar surface area (TPSA) is 41.6 Å². The number of hydrogen-bond donors (Lipinski definition) is 1. The lowest BCUT2D eigenvalue weighted by Crippen LogP contribution is -2.37. The first-order valence-corrected chi connectivity index (χ1v) is 11.4. The zero-order chi connectivity index (χ0) is 22.9. The Labute approximate surface area is 204 Å². The molecule has 3 aromatic rings. The van der Waals surface area contributed by atoms with E-state index >= 15 is 0 Å².